The first-order chi connectivity index (χ1) is 15.6. The lowest BCUT2D eigenvalue weighted by molar-refractivity contribution is 0.192. The lowest BCUT2D eigenvalue weighted by Gasteiger charge is -2.41. The number of carbonyl (C=O) groups excluding carboxylic acids is 1. The summed E-state index contributed by atoms with van der Waals surface area (Å²) in [6.07, 6.45) is 0.991. The largest absolute Gasteiger partial charge is 0.368 e. The van der Waals surface area contributed by atoms with Gasteiger partial charge < -0.3 is 10.2 Å². The van der Waals surface area contributed by atoms with E-state index in [1.165, 1.54) is 16.6 Å². The number of halogens is 2. The van der Waals surface area contributed by atoms with Crippen LogP contribution in [0.5, 0.6) is 0 Å². The van der Waals surface area contributed by atoms with Gasteiger partial charge in [-0.05, 0) is 62.2 Å². The van der Waals surface area contributed by atoms with Gasteiger partial charge in [-0.15, -0.1) is 24.8 Å². The van der Waals surface area contributed by atoms with Crippen molar-refractivity contribution in [1.82, 2.24) is 15.2 Å². The predicted molar refractivity (Wildman–Crippen MR) is 145 cm³/mol. The van der Waals surface area contributed by atoms with E-state index in [0.717, 1.165) is 62.6 Å². The van der Waals surface area contributed by atoms with Gasteiger partial charge in [-0.3, -0.25) is 14.8 Å². The summed E-state index contributed by atoms with van der Waals surface area (Å²) >= 11 is 0. The molecule has 0 bridgehead atoms. The number of pyridine rings is 1. The molecule has 0 saturated carbocycles. The zero-order valence-electron chi connectivity index (χ0n) is 19.7. The summed E-state index contributed by atoms with van der Waals surface area (Å²) in [7, 11) is 0. The molecule has 34 heavy (non-hydrogen) atoms. The fourth-order valence-electron chi connectivity index (χ4n) is 4.93. The lowest BCUT2D eigenvalue weighted by Crippen LogP contribution is -2.52. The fourth-order valence-corrected chi connectivity index (χ4v) is 4.93. The van der Waals surface area contributed by atoms with E-state index in [1.807, 2.05) is 17.9 Å². The van der Waals surface area contributed by atoms with Crippen LogP contribution in [0.2, 0.25) is 0 Å². The first-order valence-electron chi connectivity index (χ1n) is 11.6. The molecule has 1 aromatic heterocycles. The highest BCUT2D eigenvalue weighted by atomic mass is 35.5. The van der Waals surface area contributed by atoms with Crippen molar-refractivity contribution in [3.05, 3.63) is 65.9 Å². The molecule has 2 saturated heterocycles. The van der Waals surface area contributed by atoms with Crippen molar-refractivity contribution in [2.45, 2.75) is 26.3 Å². The smallest absolute Gasteiger partial charge is 0.321 e. The molecule has 2 amide bonds. The van der Waals surface area contributed by atoms with Crippen molar-refractivity contribution in [2.24, 2.45) is 0 Å². The standard InChI is InChI=1S/C26H31N5O.2ClH/c1-19-9-10-23-24(28-19)7-4-8-25(23)30-16-15-29(20(2)18-30)13-11-21-5-3-6-22(17-21)31-14-12-27-26(31)32;;/h3-10,17,20H,11-16,18H2,1-2H3,(H,27,32);2*1H/t20-;;/m1../s1. The Balaban J connectivity index is 0.00000162. The first kappa shape index (κ1) is 26.1. The SMILES string of the molecule is Cc1ccc2c(N3CCN(CCc4cccc(N5CCNC5=O)c4)[C@H](C)C3)cccc2n1.Cl.Cl. The molecule has 2 fully saturated rings. The molecule has 6 nitrogen and oxygen atoms in total. The minimum atomic E-state index is 0. The number of hydrogen-bond acceptors (Lipinski definition) is 4. The van der Waals surface area contributed by atoms with Gasteiger partial charge in [-0.2, -0.15) is 0 Å². The van der Waals surface area contributed by atoms with Gasteiger partial charge in [-0.25, -0.2) is 4.79 Å². The Labute approximate surface area is 214 Å². The molecule has 2 aliphatic rings. The third-order valence-corrected chi connectivity index (χ3v) is 6.72. The molecule has 0 aliphatic carbocycles. The maximum absolute atomic E-state index is 12.0. The van der Waals surface area contributed by atoms with Gasteiger partial charge in [0.05, 0.1) is 5.52 Å². The van der Waals surface area contributed by atoms with E-state index in [2.05, 4.69) is 70.6 Å². The van der Waals surface area contributed by atoms with Crippen LogP contribution in [0.1, 0.15) is 18.2 Å². The summed E-state index contributed by atoms with van der Waals surface area (Å²) in [5.74, 6) is 0. The molecular formula is C26H33Cl2N5O. The molecule has 0 spiro atoms. The van der Waals surface area contributed by atoms with Crippen molar-refractivity contribution in [3.8, 4) is 0 Å². The number of urea groups is 1. The maximum atomic E-state index is 12.0. The summed E-state index contributed by atoms with van der Waals surface area (Å²) in [6, 6.07) is 19.7. The average molecular weight is 502 g/mol. The number of carbonyl (C=O) groups is 1. The molecule has 8 heteroatoms. The minimum absolute atomic E-state index is 0. The Morgan fingerprint density at radius 3 is 2.62 bits per heavy atom. The van der Waals surface area contributed by atoms with Crippen LogP contribution in [0.4, 0.5) is 16.2 Å². The monoisotopic (exact) mass is 501 g/mol. The van der Waals surface area contributed by atoms with Gasteiger partial charge in [0.1, 0.15) is 0 Å². The van der Waals surface area contributed by atoms with Crippen molar-refractivity contribution < 1.29 is 4.79 Å². The summed E-state index contributed by atoms with van der Waals surface area (Å²) < 4.78 is 0. The quantitative estimate of drug-likeness (QED) is 0.551. The van der Waals surface area contributed by atoms with Crippen LogP contribution < -0.4 is 15.1 Å². The third-order valence-electron chi connectivity index (χ3n) is 6.72. The van der Waals surface area contributed by atoms with Gasteiger partial charge in [-0.1, -0.05) is 18.2 Å². The van der Waals surface area contributed by atoms with E-state index in [1.54, 1.807) is 0 Å². The Bertz CT molecular complexity index is 1140. The fraction of sp³-hybridized carbons (Fsp3) is 0.385. The predicted octanol–water partition coefficient (Wildman–Crippen LogP) is 4.67. The number of piperazine rings is 1. The summed E-state index contributed by atoms with van der Waals surface area (Å²) in [5, 5.41) is 4.12. The summed E-state index contributed by atoms with van der Waals surface area (Å²) in [4.78, 5) is 23.6. The molecular weight excluding hydrogens is 469 g/mol. The molecule has 5 rings (SSSR count). The molecule has 182 valence electrons. The summed E-state index contributed by atoms with van der Waals surface area (Å²) in [6.45, 7) is 9.94. The van der Waals surface area contributed by atoms with Gasteiger partial charge in [0, 0.05) is 67.8 Å². The maximum Gasteiger partial charge on any atom is 0.321 e. The molecule has 0 unspecified atom stereocenters. The highest BCUT2D eigenvalue weighted by Crippen LogP contribution is 2.28. The van der Waals surface area contributed by atoms with Crippen molar-refractivity contribution in [2.75, 3.05) is 49.1 Å². The van der Waals surface area contributed by atoms with Crippen LogP contribution in [-0.4, -0.2) is 61.2 Å². The molecule has 1 N–H and O–H groups in total. The number of nitrogens with zero attached hydrogens (tertiary/aromatic N) is 4. The number of hydrogen-bond donors (Lipinski definition) is 1. The third kappa shape index (κ3) is 5.40. The molecule has 0 radical (unpaired) electrons. The normalized spacial score (nSPS) is 18.4. The van der Waals surface area contributed by atoms with E-state index in [0.29, 0.717) is 6.04 Å². The van der Waals surface area contributed by atoms with Gasteiger partial charge in [0.25, 0.3) is 0 Å². The number of anilines is 2. The summed E-state index contributed by atoms with van der Waals surface area (Å²) in [5.41, 5.74) is 5.70. The molecule has 2 aliphatic heterocycles. The number of rotatable bonds is 5. The second kappa shape index (κ2) is 11.3. The van der Waals surface area contributed by atoms with E-state index < -0.39 is 0 Å². The van der Waals surface area contributed by atoms with Crippen molar-refractivity contribution in [3.63, 3.8) is 0 Å². The van der Waals surface area contributed by atoms with Crippen LogP contribution >= 0.6 is 24.8 Å². The van der Waals surface area contributed by atoms with Crippen LogP contribution in [0, 0.1) is 6.92 Å². The number of aryl methyl sites for hydroxylation is 1. The van der Waals surface area contributed by atoms with Gasteiger partial charge >= 0.3 is 6.03 Å². The Kier molecular flexibility index (Phi) is 8.63. The van der Waals surface area contributed by atoms with Crippen LogP contribution in [-0.2, 0) is 6.42 Å². The highest BCUT2D eigenvalue weighted by molar-refractivity contribution is 5.94. The molecule has 3 heterocycles. The number of benzene rings is 2. The van der Waals surface area contributed by atoms with E-state index in [-0.39, 0.29) is 30.8 Å². The zero-order chi connectivity index (χ0) is 22.1. The lowest BCUT2D eigenvalue weighted by atomic mass is 10.1. The second-order valence-electron chi connectivity index (χ2n) is 8.93. The number of amides is 2. The molecule has 1 atom stereocenters. The van der Waals surface area contributed by atoms with Crippen molar-refractivity contribution in [1.29, 1.82) is 0 Å². The van der Waals surface area contributed by atoms with E-state index in [4.69, 9.17) is 4.98 Å². The molecule has 2 aromatic carbocycles. The van der Waals surface area contributed by atoms with Gasteiger partial charge in [0.15, 0.2) is 0 Å². The topological polar surface area (TPSA) is 51.7 Å². The second-order valence-corrected chi connectivity index (χ2v) is 8.93. The number of fused-ring (bicyclic) bond motifs is 1. The van der Waals surface area contributed by atoms with Crippen LogP contribution in [0.25, 0.3) is 10.9 Å². The highest BCUT2D eigenvalue weighted by Gasteiger charge is 2.25. The van der Waals surface area contributed by atoms with Crippen LogP contribution in [0.15, 0.2) is 54.6 Å². The average Bonchev–Trinajstić information content (AvgIpc) is 3.23. The van der Waals surface area contributed by atoms with Gasteiger partial charge in [0.2, 0.25) is 0 Å². The Morgan fingerprint density at radius 1 is 1.03 bits per heavy atom. The Morgan fingerprint density at radius 2 is 1.85 bits per heavy atom. The Hall–Kier alpha value is -2.54. The number of nitrogens with one attached hydrogen (secondary N) is 1. The number of aromatic nitrogens is 1. The minimum Gasteiger partial charge on any atom is -0.368 e. The zero-order valence-corrected chi connectivity index (χ0v) is 21.4. The molecule has 3 aromatic rings. The first-order valence-corrected chi connectivity index (χ1v) is 11.6. The van der Waals surface area contributed by atoms with Crippen molar-refractivity contribution >= 4 is 53.1 Å². The van der Waals surface area contributed by atoms with E-state index >= 15 is 0 Å². The van der Waals surface area contributed by atoms with Crippen LogP contribution in [0.3, 0.4) is 0 Å². The van der Waals surface area contributed by atoms with E-state index in [9.17, 15) is 4.79 Å².